The first kappa shape index (κ1) is 10.0. The van der Waals surface area contributed by atoms with Crippen LogP contribution in [0.4, 0.5) is 5.82 Å². The predicted octanol–water partition coefficient (Wildman–Crippen LogP) is 2.03. The molecule has 0 spiro atoms. The number of anilines is 1. The fourth-order valence-electron chi connectivity index (χ4n) is 1.72. The highest BCUT2D eigenvalue weighted by atomic mass is 35.5. The van der Waals surface area contributed by atoms with Gasteiger partial charge in [0.05, 0.1) is 5.69 Å². The Morgan fingerprint density at radius 1 is 1.18 bits per heavy atom. The molecule has 5 nitrogen and oxygen atoms in total. The van der Waals surface area contributed by atoms with E-state index in [0.717, 1.165) is 16.9 Å². The Morgan fingerprint density at radius 2 is 2.06 bits per heavy atom. The maximum atomic E-state index is 5.86. The molecule has 3 aromatic heterocycles. The number of fused-ring (bicyclic) bond motifs is 1. The molecule has 0 radical (unpaired) electrons. The number of hydrogen-bond acceptors (Lipinski definition) is 4. The summed E-state index contributed by atoms with van der Waals surface area (Å²) in [5.74, 6) is 0.375. The van der Waals surface area contributed by atoms with E-state index in [1.807, 2.05) is 24.3 Å². The van der Waals surface area contributed by atoms with Gasteiger partial charge in [0.2, 0.25) is 0 Å². The minimum Gasteiger partial charge on any atom is -0.383 e. The summed E-state index contributed by atoms with van der Waals surface area (Å²) in [6, 6.07) is 9.19. The van der Waals surface area contributed by atoms with E-state index in [1.54, 1.807) is 10.6 Å². The van der Waals surface area contributed by atoms with Crippen LogP contribution in [0.5, 0.6) is 0 Å². The molecule has 0 atom stereocenters. The van der Waals surface area contributed by atoms with Gasteiger partial charge in [0.25, 0.3) is 0 Å². The highest BCUT2D eigenvalue weighted by Gasteiger charge is 2.09. The van der Waals surface area contributed by atoms with Gasteiger partial charge in [-0.15, -0.1) is 0 Å². The highest BCUT2D eigenvalue weighted by Crippen LogP contribution is 2.25. The quantitative estimate of drug-likeness (QED) is 0.666. The summed E-state index contributed by atoms with van der Waals surface area (Å²) in [6.07, 6.45) is 1.50. The highest BCUT2D eigenvalue weighted by molar-refractivity contribution is 6.29. The number of nitrogens with two attached hydrogens (primary N) is 1. The maximum Gasteiger partial charge on any atom is 0.155 e. The topological polar surface area (TPSA) is 69.1 Å². The van der Waals surface area contributed by atoms with Crippen molar-refractivity contribution in [2.24, 2.45) is 0 Å². The molecule has 3 aromatic rings. The standard InChI is InChI=1S/C11H8ClN5/c12-9-5-4-7(11(13)16-9)8-2-1-3-10-14-6-15-17(8)10/h1-6H,(H2,13,16). The molecule has 0 aromatic carbocycles. The Labute approximate surface area is 102 Å². The van der Waals surface area contributed by atoms with E-state index in [0.29, 0.717) is 11.0 Å². The van der Waals surface area contributed by atoms with Gasteiger partial charge in [0.1, 0.15) is 17.3 Å². The first-order valence-electron chi connectivity index (χ1n) is 4.97. The second-order valence-electron chi connectivity index (χ2n) is 3.51. The van der Waals surface area contributed by atoms with E-state index in [-0.39, 0.29) is 0 Å². The molecule has 0 saturated carbocycles. The van der Waals surface area contributed by atoms with Crippen molar-refractivity contribution < 1.29 is 0 Å². The summed E-state index contributed by atoms with van der Waals surface area (Å²) in [7, 11) is 0. The zero-order valence-electron chi connectivity index (χ0n) is 8.71. The lowest BCUT2D eigenvalue weighted by atomic mass is 10.1. The van der Waals surface area contributed by atoms with Crippen LogP contribution in [0.2, 0.25) is 5.15 Å². The molecule has 0 fully saturated rings. The summed E-state index contributed by atoms with van der Waals surface area (Å²) < 4.78 is 1.71. The number of aromatic nitrogens is 4. The van der Waals surface area contributed by atoms with E-state index >= 15 is 0 Å². The molecule has 0 unspecified atom stereocenters. The predicted molar refractivity (Wildman–Crippen MR) is 65.6 cm³/mol. The molecule has 3 heterocycles. The molecule has 0 saturated heterocycles. The lowest BCUT2D eigenvalue weighted by Gasteiger charge is -2.06. The van der Waals surface area contributed by atoms with Gasteiger partial charge < -0.3 is 5.73 Å². The normalized spacial score (nSPS) is 10.9. The van der Waals surface area contributed by atoms with Crippen molar-refractivity contribution in [1.82, 2.24) is 19.6 Å². The number of pyridine rings is 2. The monoisotopic (exact) mass is 245 g/mol. The Morgan fingerprint density at radius 3 is 2.88 bits per heavy atom. The summed E-state index contributed by atoms with van der Waals surface area (Å²) in [5, 5.41) is 4.52. The molecule has 0 aliphatic rings. The van der Waals surface area contributed by atoms with Crippen LogP contribution < -0.4 is 5.73 Å². The van der Waals surface area contributed by atoms with Gasteiger partial charge in [-0.1, -0.05) is 17.7 Å². The van der Waals surface area contributed by atoms with Crippen molar-refractivity contribution in [3.63, 3.8) is 0 Å². The molecule has 0 aliphatic carbocycles. The molecule has 0 bridgehead atoms. The second kappa shape index (κ2) is 3.71. The van der Waals surface area contributed by atoms with Crippen molar-refractivity contribution in [2.75, 3.05) is 5.73 Å². The van der Waals surface area contributed by atoms with Crippen LogP contribution in [0, 0.1) is 0 Å². The lowest BCUT2D eigenvalue weighted by molar-refractivity contribution is 0.969. The van der Waals surface area contributed by atoms with Crippen molar-refractivity contribution >= 4 is 23.1 Å². The third-order valence-corrected chi connectivity index (χ3v) is 2.68. The molecular formula is C11H8ClN5. The van der Waals surface area contributed by atoms with Crippen LogP contribution in [0.3, 0.4) is 0 Å². The second-order valence-corrected chi connectivity index (χ2v) is 3.90. The van der Waals surface area contributed by atoms with Crippen molar-refractivity contribution in [3.8, 4) is 11.3 Å². The molecule has 17 heavy (non-hydrogen) atoms. The Kier molecular flexibility index (Phi) is 2.19. The third kappa shape index (κ3) is 1.60. The minimum atomic E-state index is 0.372. The van der Waals surface area contributed by atoms with Gasteiger partial charge in [-0.2, -0.15) is 5.10 Å². The van der Waals surface area contributed by atoms with Gasteiger partial charge >= 0.3 is 0 Å². The molecule has 0 amide bonds. The summed E-state index contributed by atoms with van der Waals surface area (Å²) >= 11 is 5.78. The van der Waals surface area contributed by atoms with E-state index < -0.39 is 0 Å². The zero-order chi connectivity index (χ0) is 11.8. The number of rotatable bonds is 1. The van der Waals surface area contributed by atoms with Gasteiger partial charge in [-0.05, 0) is 24.3 Å². The van der Waals surface area contributed by atoms with Crippen LogP contribution in [-0.4, -0.2) is 19.6 Å². The molecular weight excluding hydrogens is 238 g/mol. The van der Waals surface area contributed by atoms with Crippen molar-refractivity contribution in [2.45, 2.75) is 0 Å². The zero-order valence-corrected chi connectivity index (χ0v) is 9.46. The molecule has 0 aliphatic heterocycles. The van der Waals surface area contributed by atoms with Crippen LogP contribution in [0.1, 0.15) is 0 Å². The van der Waals surface area contributed by atoms with Gasteiger partial charge in [0, 0.05) is 5.56 Å². The van der Waals surface area contributed by atoms with E-state index in [4.69, 9.17) is 17.3 Å². The Balaban J connectivity index is 2.30. The van der Waals surface area contributed by atoms with Crippen molar-refractivity contribution in [1.29, 1.82) is 0 Å². The molecule has 3 rings (SSSR count). The molecule has 6 heteroatoms. The number of nitrogen functional groups attached to an aromatic ring is 1. The Hall–Kier alpha value is -2.14. The Bertz CT molecular complexity index is 691. The van der Waals surface area contributed by atoms with Crippen molar-refractivity contribution in [3.05, 3.63) is 41.8 Å². The largest absolute Gasteiger partial charge is 0.383 e. The van der Waals surface area contributed by atoms with Gasteiger partial charge in [0.15, 0.2) is 5.65 Å². The first-order chi connectivity index (χ1) is 8.25. The summed E-state index contributed by atoms with van der Waals surface area (Å²) in [5.41, 5.74) is 8.23. The fraction of sp³-hybridized carbons (Fsp3) is 0. The smallest absolute Gasteiger partial charge is 0.155 e. The third-order valence-electron chi connectivity index (χ3n) is 2.47. The van der Waals surface area contributed by atoms with Crippen LogP contribution >= 0.6 is 11.6 Å². The minimum absolute atomic E-state index is 0.372. The molecule has 84 valence electrons. The van der Waals surface area contributed by atoms with Crippen LogP contribution in [0.15, 0.2) is 36.7 Å². The SMILES string of the molecule is Nc1nc(Cl)ccc1-c1cccc2ncnn12. The summed E-state index contributed by atoms with van der Waals surface area (Å²) in [4.78, 5) is 8.14. The van der Waals surface area contributed by atoms with Crippen LogP contribution in [-0.2, 0) is 0 Å². The van der Waals surface area contributed by atoms with E-state index in [9.17, 15) is 0 Å². The fourth-order valence-corrected chi connectivity index (χ4v) is 1.87. The average Bonchev–Trinajstić information content (AvgIpc) is 2.77. The lowest BCUT2D eigenvalue weighted by Crippen LogP contribution is -1.99. The first-order valence-corrected chi connectivity index (χ1v) is 5.34. The summed E-state index contributed by atoms with van der Waals surface area (Å²) in [6.45, 7) is 0. The van der Waals surface area contributed by atoms with E-state index in [1.165, 1.54) is 6.33 Å². The average molecular weight is 246 g/mol. The van der Waals surface area contributed by atoms with Gasteiger partial charge in [-0.3, -0.25) is 0 Å². The van der Waals surface area contributed by atoms with Gasteiger partial charge in [-0.25, -0.2) is 14.5 Å². The molecule has 2 N–H and O–H groups in total. The number of hydrogen-bond donors (Lipinski definition) is 1. The maximum absolute atomic E-state index is 5.86. The number of nitrogens with zero attached hydrogens (tertiary/aromatic N) is 4. The number of halogens is 1. The van der Waals surface area contributed by atoms with Crippen LogP contribution in [0.25, 0.3) is 16.9 Å². The van der Waals surface area contributed by atoms with E-state index in [2.05, 4.69) is 15.1 Å².